The molecule has 0 amide bonds. The average molecular weight is 460 g/mol. The van der Waals surface area contributed by atoms with E-state index in [-0.39, 0.29) is 5.69 Å². The predicted molar refractivity (Wildman–Crippen MR) is 98.4 cm³/mol. The number of esters is 1. The second kappa shape index (κ2) is 8.57. The molecule has 0 bridgehead atoms. The first kappa shape index (κ1) is 24.7. The quantitative estimate of drug-likeness (QED) is 0.444. The molecular formula is C15H19F3N2O7S2. The molecule has 0 heterocycles. The largest absolute Gasteiger partial charge is 0.462 e. The Labute approximate surface area is 165 Å². The van der Waals surface area contributed by atoms with Gasteiger partial charge in [-0.2, -0.15) is 13.2 Å². The second-order valence-electron chi connectivity index (χ2n) is 6.33. The monoisotopic (exact) mass is 460 g/mol. The molecule has 0 aliphatic rings. The predicted octanol–water partition coefficient (Wildman–Crippen LogP) is 1.60. The van der Waals surface area contributed by atoms with Crippen LogP contribution in [-0.2, 0) is 34.4 Å². The molecule has 0 saturated carbocycles. The van der Waals surface area contributed by atoms with E-state index in [1.807, 2.05) is 9.44 Å². The molecular weight excluding hydrogens is 441 g/mol. The molecule has 1 aromatic rings. The molecule has 9 nitrogen and oxygen atoms in total. The number of ketones is 1. The summed E-state index contributed by atoms with van der Waals surface area (Å²) in [6.07, 6.45) is -4.87. The fourth-order valence-corrected chi connectivity index (χ4v) is 3.35. The number of carbonyl (C=O) groups excluding carboxylic acids is 2. The lowest BCUT2D eigenvalue weighted by molar-refractivity contribution is -0.178. The van der Waals surface area contributed by atoms with Crippen LogP contribution in [0.2, 0.25) is 0 Å². The van der Waals surface area contributed by atoms with Crippen molar-refractivity contribution in [3.05, 3.63) is 23.8 Å². The maximum Gasteiger partial charge on any atom is 0.451 e. The third-order valence-electron chi connectivity index (χ3n) is 3.09. The smallest absolute Gasteiger partial charge is 0.451 e. The molecule has 29 heavy (non-hydrogen) atoms. The first-order chi connectivity index (χ1) is 12.9. The van der Waals surface area contributed by atoms with Crippen LogP contribution in [0.25, 0.3) is 0 Å². The van der Waals surface area contributed by atoms with E-state index in [1.54, 1.807) is 0 Å². The number of sulfonamides is 2. The van der Waals surface area contributed by atoms with Crippen LogP contribution in [0.4, 0.5) is 24.5 Å². The maximum absolute atomic E-state index is 13.1. The van der Waals surface area contributed by atoms with E-state index in [9.17, 15) is 39.6 Å². The van der Waals surface area contributed by atoms with Gasteiger partial charge >= 0.3 is 12.1 Å². The van der Waals surface area contributed by atoms with E-state index in [0.717, 1.165) is 24.5 Å². The SMILES string of the molecule is CC(C)OC(=O)C(C(=O)C(F)(F)F)c1cc(NS(C)(=O)=O)ccc1NS(C)(=O)=O. The Bertz CT molecular complexity index is 1000. The van der Waals surface area contributed by atoms with Gasteiger partial charge in [0.15, 0.2) is 5.92 Å². The lowest BCUT2D eigenvalue weighted by atomic mass is 9.92. The normalized spacial score (nSPS) is 13.7. The fraction of sp³-hybridized carbons (Fsp3) is 0.467. The zero-order valence-electron chi connectivity index (χ0n) is 15.7. The van der Waals surface area contributed by atoms with Gasteiger partial charge in [0.25, 0.3) is 5.78 Å². The van der Waals surface area contributed by atoms with Crippen LogP contribution in [0.3, 0.4) is 0 Å². The number of alkyl halides is 3. The van der Waals surface area contributed by atoms with Gasteiger partial charge in [0.05, 0.1) is 24.3 Å². The van der Waals surface area contributed by atoms with E-state index in [0.29, 0.717) is 6.26 Å². The van der Waals surface area contributed by atoms with Gasteiger partial charge in [0.2, 0.25) is 20.0 Å². The Morgan fingerprint density at radius 2 is 1.52 bits per heavy atom. The Morgan fingerprint density at radius 1 is 1.00 bits per heavy atom. The summed E-state index contributed by atoms with van der Waals surface area (Å²) >= 11 is 0. The number of nitrogens with one attached hydrogen (secondary N) is 2. The zero-order chi connectivity index (χ0) is 22.8. The summed E-state index contributed by atoms with van der Waals surface area (Å²) in [5, 5.41) is 0. The Balaban J connectivity index is 3.73. The average Bonchev–Trinajstić information content (AvgIpc) is 2.45. The molecule has 1 unspecified atom stereocenters. The van der Waals surface area contributed by atoms with Crippen molar-refractivity contribution in [2.75, 3.05) is 22.0 Å². The van der Waals surface area contributed by atoms with Gasteiger partial charge < -0.3 is 4.74 Å². The number of anilines is 2. The van der Waals surface area contributed by atoms with Crippen molar-refractivity contribution in [1.29, 1.82) is 0 Å². The van der Waals surface area contributed by atoms with Crippen molar-refractivity contribution in [3.63, 3.8) is 0 Å². The number of Topliss-reactive ketones (excluding diaryl/α,β-unsaturated/α-hetero) is 1. The minimum Gasteiger partial charge on any atom is -0.462 e. The summed E-state index contributed by atoms with van der Waals surface area (Å²) in [6, 6.07) is 2.72. The van der Waals surface area contributed by atoms with Crippen LogP contribution >= 0.6 is 0 Å². The minimum absolute atomic E-state index is 0.293. The molecule has 2 N–H and O–H groups in total. The van der Waals surface area contributed by atoms with Crippen molar-refractivity contribution in [2.24, 2.45) is 0 Å². The van der Waals surface area contributed by atoms with E-state index < -0.39 is 61.2 Å². The van der Waals surface area contributed by atoms with Crippen molar-refractivity contribution in [2.45, 2.75) is 32.0 Å². The zero-order valence-corrected chi connectivity index (χ0v) is 17.3. The van der Waals surface area contributed by atoms with Crippen LogP contribution in [0.5, 0.6) is 0 Å². The molecule has 0 spiro atoms. The molecule has 0 radical (unpaired) electrons. The standard InChI is InChI=1S/C15H19F3N2O7S2/c1-8(2)27-14(22)12(13(21)15(16,17)18)10-7-9(19-28(3,23)24)5-6-11(10)20-29(4,25)26/h5-8,12,19-20H,1-4H3. The van der Waals surface area contributed by atoms with Gasteiger partial charge in [-0.25, -0.2) is 16.8 Å². The van der Waals surface area contributed by atoms with Crippen molar-refractivity contribution < 1.29 is 44.3 Å². The van der Waals surface area contributed by atoms with Crippen LogP contribution in [0.1, 0.15) is 25.3 Å². The molecule has 14 heteroatoms. The molecule has 0 aliphatic heterocycles. The number of benzene rings is 1. The minimum atomic E-state index is -5.46. The van der Waals surface area contributed by atoms with Crippen LogP contribution in [0.15, 0.2) is 18.2 Å². The molecule has 164 valence electrons. The molecule has 1 rings (SSSR count). The van der Waals surface area contributed by atoms with E-state index in [1.165, 1.54) is 13.8 Å². The lowest BCUT2D eigenvalue weighted by Gasteiger charge is -2.22. The highest BCUT2D eigenvalue weighted by atomic mass is 32.2. The van der Waals surface area contributed by atoms with Crippen molar-refractivity contribution in [1.82, 2.24) is 0 Å². The number of hydrogen-bond donors (Lipinski definition) is 2. The third kappa shape index (κ3) is 7.89. The molecule has 1 aromatic carbocycles. The highest BCUT2D eigenvalue weighted by molar-refractivity contribution is 7.92. The van der Waals surface area contributed by atoms with E-state index >= 15 is 0 Å². The molecule has 0 saturated heterocycles. The second-order valence-corrected chi connectivity index (χ2v) is 9.83. The number of rotatable bonds is 8. The number of halogens is 3. The number of carbonyl (C=O) groups is 2. The Hall–Kier alpha value is -2.35. The summed E-state index contributed by atoms with van der Waals surface area (Å²) < 4.78 is 93.9. The molecule has 0 aliphatic carbocycles. The molecule has 0 aromatic heterocycles. The summed E-state index contributed by atoms with van der Waals surface area (Å²) in [5.41, 5.74) is -1.54. The van der Waals surface area contributed by atoms with Crippen molar-refractivity contribution in [3.8, 4) is 0 Å². The Morgan fingerprint density at radius 3 is 1.93 bits per heavy atom. The number of ether oxygens (including phenoxy) is 1. The van der Waals surface area contributed by atoms with Gasteiger partial charge in [-0.1, -0.05) is 0 Å². The number of hydrogen-bond acceptors (Lipinski definition) is 7. The fourth-order valence-electron chi connectivity index (χ4n) is 2.21. The topological polar surface area (TPSA) is 136 Å². The van der Waals surface area contributed by atoms with Crippen LogP contribution < -0.4 is 9.44 Å². The van der Waals surface area contributed by atoms with Crippen LogP contribution in [0, 0.1) is 0 Å². The van der Waals surface area contributed by atoms with Gasteiger partial charge in [-0.3, -0.25) is 19.0 Å². The third-order valence-corrected chi connectivity index (χ3v) is 4.29. The first-order valence-electron chi connectivity index (χ1n) is 7.82. The lowest BCUT2D eigenvalue weighted by Crippen LogP contribution is -2.36. The summed E-state index contributed by atoms with van der Waals surface area (Å²) in [6.45, 7) is 2.68. The molecule has 1 atom stereocenters. The summed E-state index contributed by atoms with van der Waals surface area (Å²) in [4.78, 5) is 24.3. The molecule has 0 fully saturated rings. The summed E-state index contributed by atoms with van der Waals surface area (Å²) in [5.74, 6) is -6.66. The first-order valence-corrected chi connectivity index (χ1v) is 11.6. The van der Waals surface area contributed by atoms with Gasteiger partial charge in [0.1, 0.15) is 0 Å². The highest BCUT2D eigenvalue weighted by Crippen LogP contribution is 2.35. The highest BCUT2D eigenvalue weighted by Gasteiger charge is 2.48. The Kier molecular flexibility index (Phi) is 7.29. The van der Waals surface area contributed by atoms with E-state index in [4.69, 9.17) is 4.74 Å². The van der Waals surface area contributed by atoms with Gasteiger partial charge in [0, 0.05) is 11.3 Å². The van der Waals surface area contributed by atoms with Crippen molar-refractivity contribution >= 4 is 43.2 Å². The van der Waals surface area contributed by atoms with Gasteiger partial charge in [-0.15, -0.1) is 0 Å². The summed E-state index contributed by atoms with van der Waals surface area (Å²) in [7, 11) is -7.89. The maximum atomic E-state index is 13.1. The van der Waals surface area contributed by atoms with Gasteiger partial charge in [-0.05, 0) is 32.0 Å². The van der Waals surface area contributed by atoms with E-state index in [2.05, 4.69) is 0 Å². The van der Waals surface area contributed by atoms with Crippen LogP contribution in [-0.4, -0.2) is 53.4 Å².